The Kier molecular flexibility index (Phi) is 8.07. The SMILES string of the molecule is CCCCCCNC(=S)N(Cl)Cl. The number of nitrogens with one attached hydrogen (secondary N) is 1. The van der Waals surface area contributed by atoms with E-state index in [0.717, 1.165) is 16.9 Å². The second kappa shape index (κ2) is 7.90. The van der Waals surface area contributed by atoms with Crippen molar-refractivity contribution in [2.24, 2.45) is 0 Å². The molecule has 2 nitrogen and oxygen atoms in total. The fourth-order valence-electron chi connectivity index (χ4n) is 0.807. The van der Waals surface area contributed by atoms with Crippen LogP contribution in [-0.4, -0.2) is 15.6 Å². The van der Waals surface area contributed by atoms with Gasteiger partial charge in [0.05, 0.1) is 0 Å². The number of thiocarbonyl (C=S) groups is 1. The number of hydrogen-bond donors (Lipinski definition) is 1. The zero-order chi connectivity index (χ0) is 9.40. The largest absolute Gasteiger partial charge is 0.361 e. The first-order valence-electron chi connectivity index (χ1n) is 4.08. The number of hydrogen-bond acceptors (Lipinski definition) is 1. The summed E-state index contributed by atoms with van der Waals surface area (Å²) < 4.78 is 0.870. The van der Waals surface area contributed by atoms with Gasteiger partial charge in [0.15, 0.2) is 5.11 Å². The summed E-state index contributed by atoms with van der Waals surface area (Å²) in [6.45, 7) is 3.02. The lowest BCUT2D eigenvalue weighted by Gasteiger charge is -2.09. The molecule has 0 saturated carbocycles. The number of nitrogens with zero attached hydrogens (tertiary/aromatic N) is 1. The molecule has 5 heteroatoms. The van der Waals surface area contributed by atoms with Crippen molar-refractivity contribution in [1.82, 2.24) is 9.25 Å². The molecule has 0 radical (unpaired) electrons. The van der Waals surface area contributed by atoms with Crippen LogP contribution in [-0.2, 0) is 0 Å². The summed E-state index contributed by atoms with van der Waals surface area (Å²) in [6.07, 6.45) is 4.83. The molecular formula is C7H14Cl2N2S. The van der Waals surface area contributed by atoms with Gasteiger partial charge in [-0.05, 0) is 18.6 Å². The lowest BCUT2D eigenvalue weighted by atomic mass is 10.2. The molecule has 0 aromatic rings. The van der Waals surface area contributed by atoms with E-state index >= 15 is 0 Å². The topological polar surface area (TPSA) is 15.3 Å². The Labute approximate surface area is 89.4 Å². The number of unbranched alkanes of at least 4 members (excludes halogenated alkanes) is 3. The standard InChI is InChI=1S/C7H14Cl2N2S/c1-2-3-4-5-6-10-7(12)11(8)9/h2-6H2,1H3,(H,10,12). The molecule has 0 atom stereocenters. The van der Waals surface area contributed by atoms with Crippen molar-refractivity contribution in [3.63, 3.8) is 0 Å². The maximum atomic E-state index is 5.36. The van der Waals surface area contributed by atoms with Crippen molar-refractivity contribution >= 4 is 40.9 Å². The van der Waals surface area contributed by atoms with Gasteiger partial charge in [0.1, 0.15) is 0 Å². The second-order valence-electron chi connectivity index (χ2n) is 2.53. The van der Waals surface area contributed by atoms with Crippen molar-refractivity contribution < 1.29 is 0 Å². The van der Waals surface area contributed by atoms with Gasteiger partial charge in [-0.15, -0.1) is 0 Å². The molecule has 0 spiro atoms. The lowest BCUT2D eigenvalue weighted by Crippen LogP contribution is -2.29. The Balaban J connectivity index is 3.14. The van der Waals surface area contributed by atoms with Gasteiger partial charge in [-0.25, -0.2) is 0 Å². The highest BCUT2D eigenvalue weighted by molar-refractivity contribution is 7.80. The third kappa shape index (κ3) is 6.95. The van der Waals surface area contributed by atoms with E-state index < -0.39 is 0 Å². The summed E-state index contributed by atoms with van der Waals surface area (Å²) >= 11 is 15.5. The minimum atomic E-state index is 0.370. The Bertz CT molecular complexity index is 131. The highest BCUT2D eigenvalue weighted by Gasteiger charge is 2.00. The molecule has 0 aromatic carbocycles. The van der Waals surface area contributed by atoms with Gasteiger partial charge < -0.3 is 5.32 Å². The Hall–Kier alpha value is 0.270. The maximum absolute atomic E-state index is 5.36. The van der Waals surface area contributed by atoms with Crippen molar-refractivity contribution in [3.8, 4) is 0 Å². The van der Waals surface area contributed by atoms with Crippen LogP contribution < -0.4 is 5.32 Å². The fraction of sp³-hybridized carbons (Fsp3) is 0.857. The van der Waals surface area contributed by atoms with Gasteiger partial charge in [-0.2, -0.15) is 3.94 Å². The predicted octanol–water partition coefficient (Wildman–Crippen LogP) is 3.05. The molecule has 0 fully saturated rings. The molecule has 0 saturated heterocycles. The van der Waals surface area contributed by atoms with Crippen molar-refractivity contribution in [3.05, 3.63) is 0 Å². The Morgan fingerprint density at radius 1 is 1.33 bits per heavy atom. The first kappa shape index (κ1) is 12.3. The molecule has 0 amide bonds. The first-order chi connectivity index (χ1) is 5.68. The quantitative estimate of drug-likeness (QED) is 0.443. The molecule has 0 aliphatic heterocycles. The zero-order valence-corrected chi connectivity index (χ0v) is 9.48. The van der Waals surface area contributed by atoms with E-state index in [1.807, 2.05) is 0 Å². The van der Waals surface area contributed by atoms with Crippen LogP contribution in [0.4, 0.5) is 0 Å². The summed E-state index contributed by atoms with van der Waals surface area (Å²) in [7, 11) is 0. The molecular weight excluding hydrogens is 215 g/mol. The van der Waals surface area contributed by atoms with Gasteiger partial charge in [0.2, 0.25) is 0 Å². The highest BCUT2D eigenvalue weighted by atomic mass is 35.5. The van der Waals surface area contributed by atoms with E-state index in [1.54, 1.807) is 0 Å². The lowest BCUT2D eigenvalue weighted by molar-refractivity contribution is 0.650. The maximum Gasteiger partial charge on any atom is 0.199 e. The van der Waals surface area contributed by atoms with Gasteiger partial charge in [-0.3, -0.25) is 0 Å². The van der Waals surface area contributed by atoms with Crippen LogP contribution in [0.1, 0.15) is 32.6 Å². The summed E-state index contributed by atoms with van der Waals surface area (Å²) in [5.74, 6) is 0. The van der Waals surface area contributed by atoms with Crippen molar-refractivity contribution in [2.45, 2.75) is 32.6 Å². The predicted molar refractivity (Wildman–Crippen MR) is 58.3 cm³/mol. The van der Waals surface area contributed by atoms with Crippen LogP contribution in [0.2, 0.25) is 0 Å². The Morgan fingerprint density at radius 2 is 2.00 bits per heavy atom. The van der Waals surface area contributed by atoms with Crippen LogP contribution in [0, 0.1) is 0 Å². The molecule has 0 aliphatic rings. The molecule has 0 bridgehead atoms. The molecule has 72 valence electrons. The smallest absolute Gasteiger partial charge is 0.199 e. The third-order valence-corrected chi connectivity index (χ3v) is 2.33. The van der Waals surface area contributed by atoms with Crippen LogP contribution in [0.15, 0.2) is 0 Å². The molecule has 0 unspecified atom stereocenters. The Morgan fingerprint density at radius 3 is 2.50 bits per heavy atom. The zero-order valence-electron chi connectivity index (χ0n) is 7.15. The van der Waals surface area contributed by atoms with Gasteiger partial charge in [0, 0.05) is 30.1 Å². The summed E-state index contributed by atoms with van der Waals surface area (Å²) in [4.78, 5) is 0. The summed E-state index contributed by atoms with van der Waals surface area (Å²) in [5.41, 5.74) is 0. The van der Waals surface area contributed by atoms with E-state index in [-0.39, 0.29) is 0 Å². The summed E-state index contributed by atoms with van der Waals surface area (Å²) in [6, 6.07) is 0. The summed E-state index contributed by atoms with van der Waals surface area (Å²) in [5, 5.41) is 3.30. The van der Waals surface area contributed by atoms with Gasteiger partial charge in [0.25, 0.3) is 0 Å². The molecule has 0 aliphatic carbocycles. The molecule has 0 aromatic heterocycles. The molecule has 1 N–H and O–H groups in total. The van der Waals surface area contributed by atoms with Crippen LogP contribution in [0.3, 0.4) is 0 Å². The molecule has 0 heterocycles. The van der Waals surface area contributed by atoms with Crippen LogP contribution in [0.25, 0.3) is 0 Å². The highest BCUT2D eigenvalue weighted by Crippen LogP contribution is 2.00. The van der Waals surface area contributed by atoms with E-state index in [0.29, 0.717) is 5.11 Å². The average molecular weight is 229 g/mol. The van der Waals surface area contributed by atoms with Crippen molar-refractivity contribution in [2.75, 3.05) is 6.54 Å². The number of rotatable bonds is 5. The van der Waals surface area contributed by atoms with E-state index in [4.69, 9.17) is 35.8 Å². The first-order valence-corrected chi connectivity index (χ1v) is 5.16. The second-order valence-corrected chi connectivity index (χ2v) is 3.76. The van der Waals surface area contributed by atoms with E-state index in [9.17, 15) is 0 Å². The van der Waals surface area contributed by atoms with Crippen molar-refractivity contribution in [1.29, 1.82) is 0 Å². The van der Waals surface area contributed by atoms with E-state index in [2.05, 4.69) is 12.2 Å². The van der Waals surface area contributed by atoms with Crippen LogP contribution >= 0.6 is 35.8 Å². The fourth-order valence-corrected chi connectivity index (χ4v) is 1.03. The molecule has 12 heavy (non-hydrogen) atoms. The van der Waals surface area contributed by atoms with Crippen LogP contribution in [0.5, 0.6) is 0 Å². The van der Waals surface area contributed by atoms with E-state index in [1.165, 1.54) is 19.3 Å². The third-order valence-electron chi connectivity index (χ3n) is 1.46. The average Bonchev–Trinajstić information content (AvgIpc) is 2.03. The minimum Gasteiger partial charge on any atom is -0.361 e. The minimum absolute atomic E-state index is 0.370. The monoisotopic (exact) mass is 228 g/mol. The number of halogens is 2. The van der Waals surface area contributed by atoms with Gasteiger partial charge in [-0.1, -0.05) is 26.2 Å². The normalized spacial score (nSPS) is 9.58. The van der Waals surface area contributed by atoms with Gasteiger partial charge >= 0.3 is 0 Å². The molecule has 0 rings (SSSR count).